The lowest BCUT2D eigenvalue weighted by atomic mass is 10.1. The van der Waals surface area contributed by atoms with Gasteiger partial charge in [-0.15, -0.1) is 0 Å². The first-order chi connectivity index (χ1) is 11.6. The molecular weight excluding hydrogens is 311 g/mol. The summed E-state index contributed by atoms with van der Waals surface area (Å²) in [5.41, 5.74) is 0.769. The molecule has 2 amide bonds. The van der Waals surface area contributed by atoms with Gasteiger partial charge in [0.2, 0.25) is 0 Å². The van der Waals surface area contributed by atoms with Crippen LogP contribution in [0.4, 0.5) is 9.18 Å². The highest BCUT2D eigenvalue weighted by molar-refractivity contribution is 5.74. The van der Waals surface area contributed by atoms with E-state index in [1.165, 1.54) is 12.1 Å². The van der Waals surface area contributed by atoms with Gasteiger partial charge < -0.3 is 19.9 Å². The normalized spacial score (nSPS) is 18.3. The first-order valence-corrected chi connectivity index (χ1v) is 7.98. The average molecular weight is 332 g/mol. The van der Waals surface area contributed by atoms with Crippen molar-refractivity contribution in [2.75, 3.05) is 19.8 Å². The van der Waals surface area contributed by atoms with Crippen molar-refractivity contribution in [3.63, 3.8) is 0 Å². The molecule has 2 aromatic rings. The number of imidazole rings is 1. The van der Waals surface area contributed by atoms with Crippen LogP contribution in [-0.4, -0.2) is 35.3 Å². The van der Waals surface area contributed by atoms with Crippen molar-refractivity contribution in [2.45, 2.75) is 12.5 Å². The fourth-order valence-electron chi connectivity index (χ4n) is 2.77. The lowest BCUT2D eigenvalue weighted by Crippen LogP contribution is -2.41. The predicted octanol–water partition coefficient (Wildman–Crippen LogP) is 1.98. The minimum Gasteiger partial charge on any atom is -0.381 e. The number of hydrogen-bond acceptors (Lipinski definition) is 3. The van der Waals surface area contributed by atoms with Crippen LogP contribution in [0, 0.1) is 11.7 Å². The number of halogens is 1. The van der Waals surface area contributed by atoms with E-state index in [1.54, 1.807) is 24.5 Å². The summed E-state index contributed by atoms with van der Waals surface area (Å²) < 4.78 is 20.3. The van der Waals surface area contributed by atoms with Crippen molar-refractivity contribution in [3.05, 3.63) is 53.9 Å². The Kier molecular flexibility index (Phi) is 5.10. The van der Waals surface area contributed by atoms with Crippen LogP contribution < -0.4 is 10.6 Å². The third-order valence-electron chi connectivity index (χ3n) is 4.17. The summed E-state index contributed by atoms with van der Waals surface area (Å²) in [5.74, 6) is 0.720. The summed E-state index contributed by atoms with van der Waals surface area (Å²) >= 11 is 0. The van der Waals surface area contributed by atoms with Crippen LogP contribution in [-0.2, 0) is 11.8 Å². The van der Waals surface area contributed by atoms with E-state index >= 15 is 0 Å². The molecule has 7 heteroatoms. The number of nitrogens with zero attached hydrogens (tertiary/aromatic N) is 2. The molecule has 6 nitrogen and oxygen atoms in total. The van der Waals surface area contributed by atoms with Gasteiger partial charge in [-0.1, -0.05) is 12.1 Å². The van der Waals surface area contributed by atoms with Crippen LogP contribution in [0.25, 0.3) is 0 Å². The molecule has 0 aliphatic carbocycles. The van der Waals surface area contributed by atoms with E-state index in [0.717, 1.165) is 18.6 Å². The summed E-state index contributed by atoms with van der Waals surface area (Å²) in [7, 11) is 1.86. The van der Waals surface area contributed by atoms with Crippen molar-refractivity contribution in [3.8, 4) is 0 Å². The first-order valence-electron chi connectivity index (χ1n) is 7.98. The summed E-state index contributed by atoms with van der Waals surface area (Å²) in [5, 5.41) is 5.80. The van der Waals surface area contributed by atoms with Gasteiger partial charge in [-0.2, -0.15) is 0 Å². The largest absolute Gasteiger partial charge is 0.381 e. The van der Waals surface area contributed by atoms with Crippen LogP contribution in [0.15, 0.2) is 36.7 Å². The number of urea groups is 1. The third kappa shape index (κ3) is 3.91. The molecule has 0 bridgehead atoms. The number of aromatic nitrogens is 2. The molecule has 2 N–H and O–H groups in total. The van der Waals surface area contributed by atoms with Gasteiger partial charge in [0, 0.05) is 38.5 Å². The molecule has 24 heavy (non-hydrogen) atoms. The number of carbonyl (C=O) groups excluding carboxylic acids is 1. The zero-order chi connectivity index (χ0) is 16.9. The average Bonchev–Trinajstić information content (AvgIpc) is 3.23. The van der Waals surface area contributed by atoms with Crippen molar-refractivity contribution < 1.29 is 13.9 Å². The molecule has 1 aliphatic rings. The number of nitrogens with one attached hydrogen (secondary N) is 2. The second-order valence-corrected chi connectivity index (χ2v) is 5.96. The summed E-state index contributed by atoms with van der Waals surface area (Å²) in [6, 6.07) is 5.32. The number of rotatable bonds is 5. The molecule has 0 saturated carbocycles. The van der Waals surface area contributed by atoms with E-state index in [4.69, 9.17) is 4.74 Å². The molecule has 0 radical (unpaired) electrons. The molecule has 1 aromatic carbocycles. The number of ether oxygens (including phenoxy) is 1. The minimum atomic E-state index is -0.453. The number of carbonyl (C=O) groups is 1. The lowest BCUT2D eigenvalue weighted by molar-refractivity contribution is 0.185. The lowest BCUT2D eigenvalue weighted by Gasteiger charge is -2.20. The van der Waals surface area contributed by atoms with Gasteiger partial charge in [0.15, 0.2) is 0 Å². The number of benzene rings is 1. The maximum absolute atomic E-state index is 13.2. The van der Waals surface area contributed by atoms with Gasteiger partial charge in [-0.3, -0.25) is 0 Å². The summed E-state index contributed by atoms with van der Waals surface area (Å²) in [6.07, 6.45) is 4.43. The molecule has 1 aromatic heterocycles. The molecule has 2 atom stereocenters. The number of aryl methyl sites for hydroxylation is 1. The highest BCUT2D eigenvalue weighted by Gasteiger charge is 2.22. The molecule has 3 rings (SSSR count). The van der Waals surface area contributed by atoms with Crippen molar-refractivity contribution in [1.82, 2.24) is 20.2 Å². The molecule has 2 heterocycles. The van der Waals surface area contributed by atoms with E-state index in [1.807, 2.05) is 11.6 Å². The molecule has 1 fully saturated rings. The highest BCUT2D eigenvalue weighted by atomic mass is 19.1. The van der Waals surface area contributed by atoms with E-state index in [9.17, 15) is 9.18 Å². The number of amides is 2. The zero-order valence-corrected chi connectivity index (χ0v) is 13.5. The Labute approximate surface area is 140 Å². The van der Waals surface area contributed by atoms with Crippen LogP contribution in [0.2, 0.25) is 0 Å². The van der Waals surface area contributed by atoms with Crippen LogP contribution in [0.3, 0.4) is 0 Å². The third-order valence-corrected chi connectivity index (χ3v) is 4.17. The first kappa shape index (κ1) is 16.4. The van der Waals surface area contributed by atoms with Gasteiger partial charge in [0.1, 0.15) is 17.7 Å². The van der Waals surface area contributed by atoms with Crippen LogP contribution in [0.5, 0.6) is 0 Å². The van der Waals surface area contributed by atoms with E-state index in [0.29, 0.717) is 24.9 Å². The van der Waals surface area contributed by atoms with Crippen LogP contribution >= 0.6 is 0 Å². The van der Waals surface area contributed by atoms with Gasteiger partial charge in [0.05, 0.1) is 6.61 Å². The van der Waals surface area contributed by atoms with Gasteiger partial charge >= 0.3 is 6.03 Å². The van der Waals surface area contributed by atoms with E-state index in [2.05, 4.69) is 15.6 Å². The second kappa shape index (κ2) is 7.44. The van der Waals surface area contributed by atoms with Crippen molar-refractivity contribution in [2.24, 2.45) is 13.0 Å². The molecule has 1 saturated heterocycles. The SMILES string of the molecule is Cn1ccnc1[C@H](NC(=O)NC[C@H]1CCOC1)c1ccc(F)cc1. The molecule has 128 valence electrons. The van der Waals surface area contributed by atoms with Crippen molar-refractivity contribution >= 4 is 6.03 Å². The Balaban J connectivity index is 1.71. The Morgan fingerprint density at radius 3 is 2.88 bits per heavy atom. The quantitative estimate of drug-likeness (QED) is 0.880. The van der Waals surface area contributed by atoms with Crippen LogP contribution in [0.1, 0.15) is 23.9 Å². The van der Waals surface area contributed by atoms with E-state index in [-0.39, 0.29) is 11.8 Å². The molecule has 1 aliphatic heterocycles. The fourth-order valence-corrected chi connectivity index (χ4v) is 2.77. The standard InChI is InChI=1S/C17H21FN4O2/c1-22-8-7-19-16(22)15(13-2-4-14(18)5-3-13)21-17(23)20-10-12-6-9-24-11-12/h2-5,7-8,12,15H,6,9-11H2,1H3,(H2,20,21,23)/t12-,15-/m1/s1. The Bertz CT molecular complexity index is 680. The smallest absolute Gasteiger partial charge is 0.315 e. The van der Waals surface area contributed by atoms with Gasteiger partial charge in [-0.25, -0.2) is 14.2 Å². The maximum Gasteiger partial charge on any atom is 0.315 e. The Hall–Kier alpha value is -2.41. The van der Waals surface area contributed by atoms with E-state index < -0.39 is 6.04 Å². The summed E-state index contributed by atoms with van der Waals surface area (Å²) in [6.45, 7) is 2.00. The van der Waals surface area contributed by atoms with Gasteiger partial charge in [0.25, 0.3) is 0 Å². The zero-order valence-electron chi connectivity index (χ0n) is 13.5. The Morgan fingerprint density at radius 2 is 2.25 bits per heavy atom. The summed E-state index contributed by atoms with van der Waals surface area (Å²) in [4.78, 5) is 16.6. The highest BCUT2D eigenvalue weighted by Crippen LogP contribution is 2.20. The predicted molar refractivity (Wildman–Crippen MR) is 86.9 cm³/mol. The monoisotopic (exact) mass is 332 g/mol. The number of hydrogen-bond donors (Lipinski definition) is 2. The van der Waals surface area contributed by atoms with Gasteiger partial charge in [-0.05, 0) is 24.1 Å². The Morgan fingerprint density at radius 1 is 1.46 bits per heavy atom. The minimum absolute atomic E-state index is 0.278. The molecular formula is C17H21FN4O2. The fraction of sp³-hybridized carbons (Fsp3) is 0.412. The molecule has 0 unspecified atom stereocenters. The topological polar surface area (TPSA) is 68.2 Å². The molecule has 0 spiro atoms. The second-order valence-electron chi connectivity index (χ2n) is 5.96. The maximum atomic E-state index is 13.2. The van der Waals surface area contributed by atoms with Crippen molar-refractivity contribution in [1.29, 1.82) is 0 Å².